The number of rotatable bonds is 5. The third-order valence-corrected chi connectivity index (χ3v) is 3.45. The molecular weight excluding hydrogens is 266 g/mol. The van der Waals surface area contributed by atoms with E-state index in [2.05, 4.69) is 14.9 Å². The zero-order valence-electron chi connectivity index (χ0n) is 11.9. The monoisotopic (exact) mass is 283 g/mol. The van der Waals surface area contributed by atoms with Crippen molar-refractivity contribution in [3.63, 3.8) is 0 Å². The number of fused-ring (bicyclic) bond motifs is 1. The van der Waals surface area contributed by atoms with Crippen molar-refractivity contribution in [2.45, 2.75) is 26.4 Å². The Morgan fingerprint density at radius 1 is 1.29 bits per heavy atom. The van der Waals surface area contributed by atoms with Crippen LogP contribution in [0.3, 0.4) is 0 Å². The van der Waals surface area contributed by atoms with Crippen LogP contribution in [0.1, 0.15) is 18.0 Å². The molecule has 0 fully saturated rings. The van der Waals surface area contributed by atoms with E-state index in [4.69, 9.17) is 4.42 Å². The molecular formula is C16H17N3O2. The van der Waals surface area contributed by atoms with E-state index >= 15 is 0 Å². The summed E-state index contributed by atoms with van der Waals surface area (Å²) in [5.74, 6) is 1.69. The minimum Gasteiger partial charge on any atom is -0.467 e. The van der Waals surface area contributed by atoms with Crippen LogP contribution in [0, 0.1) is 6.92 Å². The average molecular weight is 283 g/mol. The molecule has 0 aliphatic heterocycles. The second-order valence-electron chi connectivity index (χ2n) is 4.91. The third kappa shape index (κ3) is 2.97. The van der Waals surface area contributed by atoms with Gasteiger partial charge >= 0.3 is 0 Å². The Kier molecular flexibility index (Phi) is 3.73. The van der Waals surface area contributed by atoms with E-state index in [1.807, 2.05) is 43.3 Å². The highest BCUT2D eigenvalue weighted by Gasteiger charge is 2.09. The van der Waals surface area contributed by atoms with Crippen molar-refractivity contribution >= 4 is 16.9 Å². The van der Waals surface area contributed by atoms with Gasteiger partial charge in [0.2, 0.25) is 5.91 Å². The number of imidazole rings is 1. The summed E-state index contributed by atoms with van der Waals surface area (Å²) in [6, 6.07) is 11.6. The first-order chi connectivity index (χ1) is 10.2. The Hall–Kier alpha value is -2.56. The van der Waals surface area contributed by atoms with Gasteiger partial charge in [0.15, 0.2) is 0 Å². The van der Waals surface area contributed by atoms with Crippen molar-refractivity contribution in [2.75, 3.05) is 0 Å². The van der Waals surface area contributed by atoms with E-state index in [0.717, 1.165) is 22.6 Å². The number of hydrogen-bond donors (Lipinski definition) is 1. The van der Waals surface area contributed by atoms with Crippen LogP contribution in [0.15, 0.2) is 47.1 Å². The van der Waals surface area contributed by atoms with Crippen molar-refractivity contribution in [3.8, 4) is 0 Å². The van der Waals surface area contributed by atoms with Gasteiger partial charge in [-0.1, -0.05) is 12.1 Å². The molecule has 0 saturated heterocycles. The van der Waals surface area contributed by atoms with Gasteiger partial charge in [0.1, 0.15) is 11.6 Å². The molecule has 0 unspecified atom stereocenters. The van der Waals surface area contributed by atoms with Crippen LogP contribution in [-0.4, -0.2) is 15.5 Å². The maximum Gasteiger partial charge on any atom is 0.222 e. The molecule has 1 aromatic carbocycles. The van der Waals surface area contributed by atoms with Crippen LogP contribution in [0.5, 0.6) is 0 Å². The maximum absolute atomic E-state index is 11.9. The van der Waals surface area contributed by atoms with E-state index in [0.29, 0.717) is 19.5 Å². The van der Waals surface area contributed by atoms with Gasteiger partial charge in [0.05, 0.1) is 23.8 Å². The number of nitrogens with one attached hydrogen (secondary N) is 1. The number of amides is 1. The van der Waals surface area contributed by atoms with Crippen LogP contribution < -0.4 is 5.32 Å². The van der Waals surface area contributed by atoms with Crippen LogP contribution in [0.2, 0.25) is 0 Å². The lowest BCUT2D eigenvalue weighted by atomic mass is 10.3. The van der Waals surface area contributed by atoms with E-state index in [1.165, 1.54) is 0 Å². The maximum atomic E-state index is 11.9. The van der Waals surface area contributed by atoms with Gasteiger partial charge in [-0.15, -0.1) is 0 Å². The van der Waals surface area contributed by atoms with Crippen molar-refractivity contribution in [2.24, 2.45) is 0 Å². The highest BCUT2D eigenvalue weighted by molar-refractivity contribution is 5.77. The lowest BCUT2D eigenvalue weighted by Crippen LogP contribution is -2.23. The molecule has 0 aliphatic carbocycles. The Labute approximate surface area is 122 Å². The van der Waals surface area contributed by atoms with Crippen molar-refractivity contribution in [1.29, 1.82) is 0 Å². The summed E-state index contributed by atoms with van der Waals surface area (Å²) in [6.45, 7) is 3.01. The average Bonchev–Trinajstić information content (AvgIpc) is 3.10. The van der Waals surface area contributed by atoms with Gasteiger partial charge in [-0.2, -0.15) is 0 Å². The van der Waals surface area contributed by atoms with Gasteiger partial charge in [0, 0.05) is 13.0 Å². The molecule has 2 heterocycles. The standard InChI is InChI=1S/C16H17N3O2/c1-12-18-14-6-2-3-7-15(14)19(12)9-8-16(20)17-11-13-5-4-10-21-13/h2-7,10H,8-9,11H2,1H3,(H,17,20). The molecule has 3 aromatic rings. The molecule has 108 valence electrons. The number of nitrogens with zero attached hydrogens (tertiary/aromatic N) is 2. The highest BCUT2D eigenvalue weighted by atomic mass is 16.3. The first-order valence-corrected chi connectivity index (χ1v) is 6.95. The molecule has 0 aliphatic rings. The van der Waals surface area contributed by atoms with Gasteiger partial charge in [-0.3, -0.25) is 4.79 Å². The molecule has 0 radical (unpaired) electrons. The van der Waals surface area contributed by atoms with E-state index in [-0.39, 0.29) is 5.91 Å². The lowest BCUT2D eigenvalue weighted by molar-refractivity contribution is -0.121. The number of benzene rings is 1. The Bertz CT molecular complexity index is 744. The first kappa shape index (κ1) is 13.4. The zero-order chi connectivity index (χ0) is 14.7. The number of para-hydroxylation sites is 2. The number of hydrogen-bond acceptors (Lipinski definition) is 3. The Morgan fingerprint density at radius 3 is 2.95 bits per heavy atom. The smallest absolute Gasteiger partial charge is 0.222 e. The Balaban J connectivity index is 1.61. The summed E-state index contributed by atoms with van der Waals surface area (Å²) in [5.41, 5.74) is 2.03. The lowest BCUT2D eigenvalue weighted by Gasteiger charge is -2.07. The molecule has 3 rings (SSSR count). The van der Waals surface area contributed by atoms with E-state index in [9.17, 15) is 4.79 Å². The molecule has 1 amide bonds. The summed E-state index contributed by atoms with van der Waals surface area (Å²) in [5, 5.41) is 2.85. The predicted molar refractivity (Wildman–Crippen MR) is 79.6 cm³/mol. The molecule has 5 nitrogen and oxygen atoms in total. The largest absolute Gasteiger partial charge is 0.467 e. The number of aromatic nitrogens is 2. The number of carbonyl (C=O) groups is 1. The third-order valence-electron chi connectivity index (χ3n) is 3.45. The SMILES string of the molecule is Cc1nc2ccccc2n1CCC(=O)NCc1ccco1. The molecule has 2 aromatic heterocycles. The number of carbonyl (C=O) groups excluding carboxylic acids is 1. The van der Waals surface area contributed by atoms with E-state index in [1.54, 1.807) is 6.26 Å². The first-order valence-electron chi connectivity index (χ1n) is 6.95. The Morgan fingerprint density at radius 2 is 2.14 bits per heavy atom. The normalized spacial score (nSPS) is 10.9. The van der Waals surface area contributed by atoms with Gasteiger partial charge < -0.3 is 14.3 Å². The second kappa shape index (κ2) is 5.83. The summed E-state index contributed by atoms with van der Waals surface area (Å²) >= 11 is 0. The predicted octanol–water partition coefficient (Wildman–Crippen LogP) is 2.64. The van der Waals surface area contributed by atoms with Crippen LogP contribution in [-0.2, 0) is 17.9 Å². The zero-order valence-corrected chi connectivity index (χ0v) is 11.9. The molecule has 21 heavy (non-hydrogen) atoms. The van der Waals surface area contributed by atoms with E-state index < -0.39 is 0 Å². The fourth-order valence-electron chi connectivity index (χ4n) is 2.38. The fourth-order valence-corrected chi connectivity index (χ4v) is 2.38. The number of furan rings is 1. The van der Waals surface area contributed by atoms with Gasteiger partial charge in [-0.05, 0) is 31.2 Å². The van der Waals surface area contributed by atoms with Gasteiger partial charge in [-0.25, -0.2) is 4.98 Å². The molecule has 1 N–H and O–H groups in total. The van der Waals surface area contributed by atoms with Gasteiger partial charge in [0.25, 0.3) is 0 Å². The van der Waals surface area contributed by atoms with Crippen LogP contribution in [0.4, 0.5) is 0 Å². The number of aryl methyl sites for hydroxylation is 2. The highest BCUT2D eigenvalue weighted by Crippen LogP contribution is 2.15. The summed E-state index contributed by atoms with van der Waals surface area (Å²) < 4.78 is 7.25. The minimum atomic E-state index is 0.00332. The summed E-state index contributed by atoms with van der Waals surface area (Å²) in [4.78, 5) is 16.4. The molecule has 5 heteroatoms. The summed E-state index contributed by atoms with van der Waals surface area (Å²) in [7, 11) is 0. The van der Waals surface area contributed by atoms with Crippen molar-refractivity contribution in [1.82, 2.24) is 14.9 Å². The molecule has 0 spiro atoms. The van der Waals surface area contributed by atoms with Crippen LogP contribution >= 0.6 is 0 Å². The van der Waals surface area contributed by atoms with Crippen molar-refractivity contribution in [3.05, 3.63) is 54.2 Å². The topological polar surface area (TPSA) is 60.1 Å². The quantitative estimate of drug-likeness (QED) is 0.783. The molecule has 0 bridgehead atoms. The van der Waals surface area contributed by atoms with Crippen LogP contribution in [0.25, 0.3) is 11.0 Å². The molecule has 0 saturated carbocycles. The minimum absolute atomic E-state index is 0.00332. The second-order valence-corrected chi connectivity index (χ2v) is 4.91. The summed E-state index contributed by atoms with van der Waals surface area (Å²) in [6.07, 6.45) is 2.02. The molecule has 0 atom stereocenters. The van der Waals surface area contributed by atoms with Crippen molar-refractivity contribution < 1.29 is 9.21 Å². The fraction of sp³-hybridized carbons (Fsp3) is 0.250.